The maximum atomic E-state index is 12.7. The number of sulfonamides is 1. The first kappa shape index (κ1) is 18.0. The van der Waals surface area contributed by atoms with Gasteiger partial charge in [0.1, 0.15) is 4.21 Å². The van der Waals surface area contributed by atoms with Crippen LogP contribution in [-0.2, 0) is 15.9 Å². The van der Waals surface area contributed by atoms with Crippen molar-refractivity contribution in [2.24, 2.45) is 0 Å². The molecule has 0 atom stereocenters. The lowest BCUT2D eigenvalue weighted by molar-refractivity contribution is 0.346. The molecule has 0 spiro atoms. The summed E-state index contributed by atoms with van der Waals surface area (Å²) in [5.74, 6) is 0.365. The molecule has 0 saturated carbocycles. The van der Waals surface area contributed by atoms with Gasteiger partial charge in [-0.2, -0.15) is 4.31 Å². The van der Waals surface area contributed by atoms with Crippen molar-refractivity contribution >= 4 is 33.0 Å². The van der Waals surface area contributed by atoms with Crippen molar-refractivity contribution in [3.8, 4) is 0 Å². The van der Waals surface area contributed by atoms with Gasteiger partial charge in [0.15, 0.2) is 0 Å². The lowest BCUT2D eigenvalue weighted by Gasteiger charge is -2.25. The van der Waals surface area contributed by atoms with Crippen LogP contribution in [0.1, 0.15) is 50.5 Å². The predicted molar refractivity (Wildman–Crippen MR) is 87.2 cm³/mol. The molecule has 0 bridgehead atoms. The van der Waals surface area contributed by atoms with Crippen molar-refractivity contribution in [3.05, 3.63) is 16.5 Å². The summed E-state index contributed by atoms with van der Waals surface area (Å²) in [5.41, 5.74) is 0.959. The van der Waals surface area contributed by atoms with Gasteiger partial charge < -0.3 is 0 Å². The molecule has 0 N–H and O–H groups in total. The molecule has 6 heteroatoms. The molecular weight excluding hydrogens is 314 g/mol. The number of hydrogen-bond donors (Lipinski definition) is 0. The quantitative estimate of drug-likeness (QED) is 0.521. The second kappa shape index (κ2) is 7.78. The summed E-state index contributed by atoms with van der Waals surface area (Å²) in [5, 5.41) is 0. The summed E-state index contributed by atoms with van der Waals surface area (Å²) in [6, 6.07) is 1.71. The first-order valence-electron chi connectivity index (χ1n) is 7.01. The van der Waals surface area contributed by atoms with Gasteiger partial charge in [0.2, 0.25) is 0 Å². The van der Waals surface area contributed by atoms with Crippen molar-refractivity contribution in [3.63, 3.8) is 0 Å². The van der Waals surface area contributed by atoms with Crippen LogP contribution in [0.15, 0.2) is 10.3 Å². The lowest BCUT2D eigenvalue weighted by Crippen LogP contribution is -2.37. The minimum absolute atomic E-state index is 0.0290. The van der Waals surface area contributed by atoms with E-state index in [0.29, 0.717) is 16.6 Å². The molecule has 1 heterocycles. The first-order chi connectivity index (χ1) is 9.34. The Hall–Kier alpha value is -0.100. The summed E-state index contributed by atoms with van der Waals surface area (Å²) in [6.07, 6.45) is 3.04. The molecule has 1 aromatic rings. The third-order valence-electron chi connectivity index (χ3n) is 3.24. The molecule has 1 aromatic heterocycles. The van der Waals surface area contributed by atoms with E-state index in [1.54, 1.807) is 10.4 Å². The molecule has 0 unspecified atom stereocenters. The zero-order chi connectivity index (χ0) is 15.3. The average molecular weight is 338 g/mol. The third-order valence-corrected chi connectivity index (χ3v) is 7.43. The monoisotopic (exact) mass is 337 g/mol. The van der Waals surface area contributed by atoms with E-state index in [-0.39, 0.29) is 6.04 Å². The molecule has 20 heavy (non-hydrogen) atoms. The summed E-state index contributed by atoms with van der Waals surface area (Å²) in [4.78, 5) is 0.933. The maximum absolute atomic E-state index is 12.7. The Morgan fingerprint density at radius 1 is 1.35 bits per heavy atom. The predicted octanol–water partition coefficient (Wildman–Crippen LogP) is 4.38. The largest absolute Gasteiger partial charge is 0.252 e. The van der Waals surface area contributed by atoms with E-state index in [9.17, 15) is 8.42 Å². The van der Waals surface area contributed by atoms with Gasteiger partial charge in [-0.1, -0.05) is 19.8 Å². The molecule has 0 fully saturated rings. The molecule has 0 radical (unpaired) electrons. The fourth-order valence-corrected chi connectivity index (χ4v) is 5.66. The molecule has 0 saturated heterocycles. The Balaban J connectivity index is 3.02. The highest BCUT2D eigenvalue weighted by atomic mass is 35.5. The highest BCUT2D eigenvalue weighted by molar-refractivity contribution is 7.91. The number of thiophene rings is 1. The topological polar surface area (TPSA) is 37.4 Å². The Morgan fingerprint density at radius 3 is 2.45 bits per heavy atom. The minimum Gasteiger partial charge on any atom is -0.206 e. The van der Waals surface area contributed by atoms with Crippen LogP contribution in [0.25, 0.3) is 0 Å². The Kier molecular flexibility index (Phi) is 6.98. The number of rotatable bonds is 8. The molecule has 1 rings (SSSR count). The van der Waals surface area contributed by atoms with E-state index in [4.69, 9.17) is 11.6 Å². The van der Waals surface area contributed by atoms with Crippen molar-refractivity contribution in [1.82, 2.24) is 4.31 Å². The van der Waals surface area contributed by atoms with Crippen LogP contribution >= 0.6 is 22.9 Å². The highest BCUT2D eigenvalue weighted by Gasteiger charge is 2.28. The molecule has 0 aliphatic rings. The fourth-order valence-electron chi connectivity index (χ4n) is 2.04. The summed E-state index contributed by atoms with van der Waals surface area (Å²) < 4.78 is 27.5. The van der Waals surface area contributed by atoms with Crippen molar-refractivity contribution in [2.75, 3.05) is 6.54 Å². The number of aryl methyl sites for hydroxylation is 1. The molecule has 3 nitrogen and oxygen atoms in total. The number of alkyl halides is 1. The van der Waals surface area contributed by atoms with Gasteiger partial charge in [-0.25, -0.2) is 8.42 Å². The van der Waals surface area contributed by atoms with Crippen molar-refractivity contribution < 1.29 is 8.42 Å². The number of hydrogen-bond acceptors (Lipinski definition) is 3. The normalized spacial score (nSPS) is 12.6. The Labute approximate surface area is 132 Å². The molecule has 0 aliphatic carbocycles. The summed E-state index contributed by atoms with van der Waals surface area (Å²) in [6.45, 7) is 8.45. The first-order valence-corrected chi connectivity index (χ1v) is 9.80. The lowest BCUT2D eigenvalue weighted by atomic mass is 10.2. The van der Waals surface area contributed by atoms with Crippen molar-refractivity contribution in [2.45, 2.75) is 63.1 Å². The SMILES string of the molecule is CCCCCN(C(C)C)S(=O)(=O)c1cc(C)c(CCl)s1. The molecule has 116 valence electrons. The van der Waals surface area contributed by atoms with E-state index in [1.165, 1.54) is 11.3 Å². The van der Waals surface area contributed by atoms with Crippen LogP contribution in [-0.4, -0.2) is 25.3 Å². The van der Waals surface area contributed by atoms with E-state index in [0.717, 1.165) is 29.7 Å². The van der Waals surface area contributed by atoms with E-state index >= 15 is 0 Å². The van der Waals surface area contributed by atoms with Gasteiger partial charge in [-0.05, 0) is 38.8 Å². The maximum Gasteiger partial charge on any atom is 0.252 e. The van der Waals surface area contributed by atoms with Crippen LogP contribution in [0.5, 0.6) is 0 Å². The van der Waals surface area contributed by atoms with Crippen LogP contribution in [0.2, 0.25) is 0 Å². The number of unbranched alkanes of at least 4 members (excludes halogenated alkanes) is 2. The number of nitrogens with zero attached hydrogens (tertiary/aromatic N) is 1. The van der Waals surface area contributed by atoms with Crippen LogP contribution in [0.3, 0.4) is 0 Å². The highest BCUT2D eigenvalue weighted by Crippen LogP contribution is 2.30. The zero-order valence-electron chi connectivity index (χ0n) is 12.6. The van der Waals surface area contributed by atoms with Crippen LogP contribution < -0.4 is 0 Å². The van der Waals surface area contributed by atoms with Gasteiger partial charge in [0.05, 0.1) is 5.88 Å². The smallest absolute Gasteiger partial charge is 0.206 e. The van der Waals surface area contributed by atoms with Crippen LogP contribution in [0, 0.1) is 6.92 Å². The van der Waals surface area contributed by atoms with Gasteiger partial charge in [0, 0.05) is 17.5 Å². The van der Waals surface area contributed by atoms with E-state index < -0.39 is 10.0 Å². The zero-order valence-corrected chi connectivity index (χ0v) is 15.0. The Morgan fingerprint density at radius 2 is 2.00 bits per heavy atom. The van der Waals surface area contributed by atoms with Gasteiger partial charge in [-0.3, -0.25) is 0 Å². The minimum atomic E-state index is -3.40. The van der Waals surface area contributed by atoms with E-state index in [1.807, 2.05) is 20.8 Å². The second-order valence-electron chi connectivity index (χ2n) is 5.22. The number of halogens is 1. The second-order valence-corrected chi connectivity index (χ2v) is 8.74. The fraction of sp³-hybridized carbons (Fsp3) is 0.714. The van der Waals surface area contributed by atoms with Gasteiger partial charge in [0.25, 0.3) is 10.0 Å². The summed E-state index contributed by atoms with van der Waals surface area (Å²) >= 11 is 7.13. The average Bonchev–Trinajstić information content (AvgIpc) is 2.76. The van der Waals surface area contributed by atoms with E-state index in [2.05, 4.69) is 6.92 Å². The Bertz CT molecular complexity index is 523. The molecular formula is C14H24ClNO2S2. The third kappa shape index (κ3) is 4.20. The van der Waals surface area contributed by atoms with Gasteiger partial charge in [-0.15, -0.1) is 22.9 Å². The van der Waals surface area contributed by atoms with Gasteiger partial charge >= 0.3 is 0 Å². The molecule has 0 aromatic carbocycles. The summed E-state index contributed by atoms with van der Waals surface area (Å²) in [7, 11) is -3.40. The van der Waals surface area contributed by atoms with Crippen molar-refractivity contribution in [1.29, 1.82) is 0 Å². The standard InChI is InChI=1S/C14H24ClNO2S2/c1-5-6-7-8-16(11(2)3)20(17,18)14-9-12(4)13(10-15)19-14/h9,11H,5-8,10H2,1-4H3. The molecule has 0 aliphatic heterocycles. The molecule has 0 amide bonds. The van der Waals surface area contributed by atoms with Crippen LogP contribution in [0.4, 0.5) is 0 Å².